The Morgan fingerprint density at radius 1 is 1.39 bits per heavy atom. The van der Waals surface area contributed by atoms with Crippen LogP contribution in [0.4, 0.5) is 10.5 Å². The SMILES string of the molecule is CC1(C)CNCCN1N(C(=O)O)c1ccccc1. The zero-order valence-electron chi connectivity index (χ0n) is 10.8. The number of benzene rings is 1. The standard InChI is InChI=1S/C13H19N3O2/c1-13(2)10-14-8-9-15(13)16(12(17)18)11-6-4-3-5-7-11/h3-7,14H,8-10H2,1-2H3,(H,17,18). The number of piperazine rings is 1. The summed E-state index contributed by atoms with van der Waals surface area (Å²) in [7, 11) is 0. The molecule has 5 nitrogen and oxygen atoms in total. The smallest absolute Gasteiger partial charge is 0.426 e. The average Bonchev–Trinajstić information content (AvgIpc) is 2.32. The van der Waals surface area contributed by atoms with Crippen LogP contribution in [0.5, 0.6) is 0 Å². The van der Waals surface area contributed by atoms with Gasteiger partial charge in [-0.3, -0.25) is 0 Å². The minimum atomic E-state index is -0.948. The summed E-state index contributed by atoms with van der Waals surface area (Å²) >= 11 is 0. The summed E-state index contributed by atoms with van der Waals surface area (Å²) in [6, 6.07) is 9.20. The summed E-state index contributed by atoms with van der Waals surface area (Å²) in [6.07, 6.45) is -0.948. The molecule has 1 aliphatic heterocycles. The molecule has 1 saturated heterocycles. The molecular weight excluding hydrogens is 230 g/mol. The van der Waals surface area contributed by atoms with Crippen molar-refractivity contribution in [1.82, 2.24) is 10.3 Å². The summed E-state index contributed by atoms with van der Waals surface area (Å²) < 4.78 is 0. The van der Waals surface area contributed by atoms with Crippen molar-refractivity contribution in [3.63, 3.8) is 0 Å². The van der Waals surface area contributed by atoms with Gasteiger partial charge in [0.15, 0.2) is 0 Å². The molecule has 0 saturated carbocycles. The van der Waals surface area contributed by atoms with Gasteiger partial charge < -0.3 is 10.4 Å². The van der Waals surface area contributed by atoms with Gasteiger partial charge in [0.05, 0.1) is 5.69 Å². The van der Waals surface area contributed by atoms with Gasteiger partial charge in [0.25, 0.3) is 0 Å². The molecule has 0 aromatic heterocycles. The predicted octanol–water partition coefficient (Wildman–Crippen LogP) is 1.77. The van der Waals surface area contributed by atoms with Crippen LogP contribution in [0.2, 0.25) is 0 Å². The van der Waals surface area contributed by atoms with Gasteiger partial charge >= 0.3 is 6.09 Å². The molecule has 0 unspecified atom stereocenters. The van der Waals surface area contributed by atoms with Crippen LogP contribution in [0.1, 0.15) is 13.8 Å². The van der Waals surface area contributed by atoms with Gasteiger partial charge in [0, 0.05) is 25.2 Å². The van der Waals surface area contributed by atoms with E-state index in [1.807, 2.05) is 49.2 Å². The van der Waals surface area contributed by atoms with Crippen LogP contribution in [0.15, 0.2) is 30.3 Å². The van der Waals surface area contributed by atoms with Crippen LogP contribution in [-0.2, 0) is 0 Å². The van der Waals surface area contributed by atoms with E-state index >= 15 is 0 Å². The van der Waals surface area contributed by atoms with Gasteiger partial charge in [-0.1, -0.05) is 18.2 Å². The minimum Gasteiger partial charge on any atom is -0.464 e. The first-order valence-electron chi connectivity index (χ1n) is 6.09. The number of hydrogen-bond donors (Lipinski definition) is 2. The molecule has 5 heteroatoms. The first kappa shape index (κ1) is 12.9. The van der Waals surface area contributed by atoms with Crippen molar-refractivity contribution < 1.29 is 9.90 Å². The van der Waals surface area contributed by atoms with Crippen LogP contribution >= 0.6 is 0 Å². The number of carboxylic acid groups (broad SMARTS) is 1. The van der Waals surface area contributed by atoms with Crippen molar-refractivity contribution >= 4 is 11.8 Å². The zero-order valence-corrected chi connectivity index (χ0v) is 10.8. The van der Waals surface area contributed by atoms with Gasteiger partial charge in [-0.25, -0.2) is 14.8 Å². The van der Waals surface area contributed by atoms with E-state index in [2.05, 4.69) is 5.32 Å². The molecule has 18 heavy (non-hydrogen) atoms. The van der Waals surface area contributed by atoms with Gasteiger partial charge in [0.2, 0.25) is 0 Å². The second-order valence-corrected chi connectivity index (χ2v) is 5.04. The predicted molar refractivity (Wildman–Crippen MR) is 70.6 cm³/mol. The van der Waals surface area contributed by atoms with Gasteiger partial charge in [-0.2, -0.15) is 0 Å². The lowest BCUT2D eigenvalue weighted by Crippen LogP contribution is -2.65. The fourth-order valence-corrected chi connectivity index (χ4v) is 2.27. The average molecular weight is 249 g/mol. The number of anilines is 1. The van der Waals surface area contributed by atoms with Crippen LogP contribution in [-0.4, -0.2) is 41.4 Å². The lowest BCUT2D eigenvalue weighted by atomic mass is 10.0. The first-order valence-corrected chi connectivity index (χ1v) is 6.09. The third-order valence-electron chi connectivity index (χ3n) is 3.18. The lowest BCUT2D eigenvalue weighted by Gasteiger charge is -2.47. The number of hydrogen-bond acceptors (Lipinski definition) is 3. The maximum atomic E-state index is 11.6. The van der Waals surface area contributed by atoms with Crippen molar-refractivity contribution in [3.05, 3.63) is 30.3 Å². The lowest BCUT2D eigenvalue weighted by molar-refractivity contribution is 0.0728. The van der Waals surface area contributed by atoms with Crippen molar-refractivity contribution in [2.24, 2.45) is 0 Å². The molecule has 1 amide bonds. The van der Waals surface area contributed by atoms with Gasteiger partial charge in [0.1, 0.15) is 0 Å². The van der Waals surface area contributed by atoms with E-state index in [1.165, 1.54) is 5.01 Å². The molecule has 1 heterocycles. The molecule has 1 aromatic carbocycles. The Hall–Kier alpha value is -1.59. The molecule has 2 N–H and O–H groups in total. The topological polar surface area (TPSA) is 55.8 Å². The van der Waals surface area contributed by atoms with Crippen LogP contribution in [0, 0.1) is 0 Å². The Bertz CT molecular complexity index is 420. The second kappa shape index (κ2) is 4.96. The monoisotopic (exact) mass is 249 g/mol. The summed E-state index contributed by atoms with van der Waals surface area (Å²) in [5.74, 6) is 0. The summed E-state index contributed by atoms with van der Waals surface area (Å²) in [6.45, 7) is 6.31. The molecule has 2 rings (SSSR count). The third-order valence-corrected chi connectivity index (χ3v) is 3.18. The van der Waals surface area contributed by atoms with Gasteiger partial charge in [-0.05, 0) is 26.0 Å². The fourth-order valence-electron chi connectivity index (χ4n) is 2.27. The summed E-state index contributed by atoms with van der Waals surface area (Å²) in [5, 5.41) is 16.0. The maximum Gasteiger partial charge on any atom is 0.426 e. The van der Waals surface area contributed by atoms with Crippen molar-refractivity contribution in [3.8, 4) is 0 Å². The van der Waals surface area contributed by atoms with Crippen LogP contribution in [0.3, 0.4) is 0 Å². The van der Waals surface area contributed by atoms with E-state index in [1.54, 1.807) is 0 Å². The molecule has 0 radical (unpaired) electrons. The van der Waals surface area contributed by atoms with Crippen molar-refractivity contribution in [1.29, 1.82) is 0 Å². The zero-order chi connectivity index (χ0) is 13.2. The minimum absolute atomic E-state index is 0.230. The maximum absolute atomic E-state index is 11.6. The normalized spacial score (nSPS) is 19.4. The molecule has 1 aliphatic rings. The quantitative estimate of drug-likeness (QED) is 0.838. The molecule has 0 bridgehead atoms. The highest BCUT2D eigenvalue weighted by molar-refractivity contribution is 5.85. The van der Waals surface area contributed by atoms with Crippen molar-refractivity contribution in [2.45, 2.75) is 19.4 Å². The summed E-state index contributed by atoms with van der Waals surface area (Å²) in [5.41, 5.74) is 0.451. The molecule has 98 valence electrons. The largest absolute Gasteiger partial charge is 0.464 e. The summed E-state index contributed by atoms with van der Waals surface area (Å²) in [4.78, 5) is 11.6. The Kier molecular flexibility index (Phi) is 3.54. The number of para-hydroxylation sites is 1. The number of nitrogens with zero attached hydrogens (tertiary/aromatic N) is 2. The molecule has 1 fully saturated rings. The van der Waals surface area contributed by atoms with Crippen LogP contribution < -0.4 is 10.3 Å². The molecular formula is C13H19N3O2. The Labute approximate surface area is 107 Å². The Balaban J connectivity index is 2.33. The molecule has 1 aromatic rings. The first-order chi connectivity index (χ1) is 8.52. The Morgan fingerprint density at radius 3 is 2.61 bits per heavy atom. The fraction of sp³-hybridized carbons (Fsp3) is 0.462. The molecule has 0 atom stereocenters. The van der Waals surface area contributed by atoms with E-state index < -0.39 is 6.09 Å². The van der Waals surface area contributed by atoms with E-state index in [0.717, 1.165) is 13.1 Å². The highest BCUT2D eigenvalue weighted by Gasteiger charge is 2.36. The number of hydrazine groups is 1. The van der Waals surface area contributed by atoms with Crippen LogP contribution in [0.25, 0.3) is 0 Å². The van der Waals surface area contributed by atoms with E-state index in [4.69, 9.17) is 0 Å². The number of rotatable bonds is 2. The Morgan fingerprint density at radius 2 is 2.06 bits per heavy atom. The van der Waals surface area contributed by atoms with Gasteiger partial charge in [-0.15, -0.1) is 0 Å². The highest BCUT2D eigenvalue weighted by Crippen LogP contribution is 2.24. The van der Waals surface area contributed by atoms with E-state index in [0.29, 0.717) is 12.2 Å². The van der Waals surface area contributed by atoms with E-state index in [-0.39, 0.29) is 5.54 Å². The second-order valence-electron chi connectivity index (χ2n) is 5.04. The van der Waals surface area contributed by atoms with Crippen molar-refractivity contribution in [2.75, 3.05) is 24.6 Å². The number of carbonyl (C=O) groups is 1. The third kappa shape index (κ3) is 2.47. The highest BCUT2D eigenvalue weighted by atomic mass is 16.4. The van der Waals surface area contributed by atoms with E-state index in [9.17, 15) is 9.90 Å². The number of amides is 1. The molecule has 0 aliphatic carbocycles. The number of nitrogens with one attached hydrogen (secondary N) is 1. The molecule has 0 spiro atoms.